The summed E-state index contributed by atoms with van der Waals surface area (Å²) in [4.78, 5) is 2.67. The van der Waals surface area contributed by atoms with E-state index in [-0.39, 0.29) is 0 Å². The topological polar surface area (TPSA) is 3.24 Å². The summed E-state index contributed by atoms with van der Waals surface area (Å²) in [6.07, 6.45) is 16.1. The molecule has 3 rings (SSSR count). The molecular formula is C21H27N. The smallest absolute Gasteiger partial charge is 0.00637 e. The van der Waals surface area contributed by atoms with E-state index in [0.29, 0.717) is 11.8 Å². The van der Waals surface area contributed by atoms with Gasteiger partial charge in [0.2, 0.25) is 0 Å². The third-order valence-corrected chi connectivity index (χ3v) is 4.89. The number of nitrogens with zero attached hydrogens (tertiary/aromatic N) is 1. The second-order valence-corrected chi connectivity index (χ2v) is 6.76. The SMILES string of the molecule is CC1CCCN(CC(c2ccccc2)C2C=CC=CC=C2)C1. The van der Waals surface area contributed by atoms with Gasteiger partial charge in [-0.15, -0.1) is 0 Å². The molecule has 116 valence electrons. The van der Waals surface area contributed by atoms with Crippen LogP contribution in [0, 0.1) is 11.8 Å². The maximum absolute atomic E-state index is 2.67. The van der Waals surface area contributed by atoms with Crippen LogP contribution in [-0.2, 0) is 0 Å². The lowest BCUT2D eigenvalue weighted by atomic mass is 9.84. The number of allylic oxidation sites excluding steroid dienone is 6. The summed E-state index contributed by atoms with van der Waals surface area (Å²) in [5.74, 6) is 1.86. The number of rotatable bonds is 4. The zero-order valence-corrected chi connectivity index (χ0v) is 13.6. The Morgan fingerprint density at radius 3 is 2.45 bits per heavy atom. The number of likely N-dealkylation sites (tertiary alicyclic amines) is 1. The summed E-state index contributed by atoms with van der Waals surface area (Å²) in [6, 6.07) is 11.0. The largest absolute Gasteiger partial charge is 0.302 e. The summed E-state index contributed by atoms with van der Waals surface area (Å²) >= 11 is 0. The molecule has 0 spiro atoms. The lowest BCUT2D eigenvalue weighted by molar-refractivity contribution is 0.169. The number of piperidine rings is 1. The van der Waals surface area contributed by atoms with Crippen molar-refractivity contribution in [1.29, 1.82) is 0 Å². The lowest BCUT2D eigenvalue weighted by Crippen LogP contribution is -2.38. The minimum absolute atomic E-state index is 0.481. The number of benzene rings is 1. The third kappa shape index (κ3) is 3.98. The van der Waals surface area contributed by atoms with Gasteiger partial charge in [-0.25, -0.2) is 0 Å². The van der Waals surface area contributed by atoms with E-state index in [1.165, 1.54) is 31.5 Å². The Labute approximate surface area is 135 Å². The summed E-state index contributed by atoms with van der Waals surface area (Å²) in [7, 11) is 0. The van der Waals surface area contributed by atoms with Gasteiger partial charge in [0.1, 0.15) is 0 Å². The van der Waals surface area contributed by atoms with Gasteiger partial charge in [0.05, 0.1) is 0 Å². The van der Waals surface area contributed by atoms with Gasteiger partial charge in [0.15, 0.2) is 0 Å². The molecule has 1 heterocycles. The van der Waals surface area contributed by atoms with Crippen LogP contribution in [0.5, 0.6) is 0 Å². The molecule has 2 unspecified atom stereocenters. The summed E-state index contributed by atoms with van der Waals surface area (Å²) in [5.41, 5.74) is 1.46. The summed E-state index contributed by atoms with van der Waals surface area (Å²) in [5, 5.41) is 0. The van der Waals surface area contributed by atoms with Crippen LogP contribution >= 0.6 is 0 Å². The molecule has 2 atom stereocenters. The number of hydrogen-bond acceptors (Lipinski definition) is 1. The Hall–Kier alpha value is -1.60. The van der Waals surface area contributed by atoms with Crippen molar-refractivity contribution in [3.63, 3.8) is 0 Å². The van der Waals surface area contributed by atoms with Crippen molar-refractivity contribution in [3.05, 3.63) is 72.4 Å². The summed E-state index contributed by atoms with van der Waals surface area (Å²) in [6.45, 7) is 6.06. The second kappa shape index (κ2) is 7.60. The molecule has 22 heavy (non-hydrogen) atoms. The lowest BCUT2D eigenvalue weighted by Gasteiger charge is -2.35. The molecule has 1 nitrogen and oxygen atoms in total. The predicted molar refractivity (Wildman–Crippen MR) is 94.9 cm³/mol. The average Bonchev–Trinajstić information content (AvgIpc) is 2.83. The van der Waals surface area contributed by atoms with E-state index in [0.717, 1.165) is 12.5 Å². The van der Waals surface area contributed by atoms with Crippen LogP contribution < -0.4 is 0 Å². The zero-order chi connectivity index (χ0) is 15.2. The molecule has 0 saturated carbocycles. The molecule has 1 aliphatic heterocycles. The molecule has 1 saturated heterocycles. The van der Waals surface area contributed by atoms with Crippen LogP contribution in [-0.4, -0.2) is 24.5 Å². The molecule has 0 radical (unpaired) electrons. The quantitative estimate of drug-likeness (QED) is 0.770. The highest BCUT2D eigenvalue weighted by molar-refractivity contribution is 5.28. The van der Waals surface area contributed by atoms with Crippen LogP contribution in [0.1, 0.15) is 31.2 Å². The van der Waals surface area contributed by atoms with Gasteiger partial charge in [-0.3, -0.25) is 0 Å². The molecule has 0 aromatic heterocycles. The molecule has 0 amide bonds. The fourth-order valence-corrected chi connectivity index (χ4v) is 3.73. The molecule has 1 aromatic rings. The van der Waals surface area contributed by atoms with Gasteiger partial charge in [0, 0.05) is 24.9 Å². The van der Waals surface area contributed by atoms with E-state index in [1.807, 2.05) is 0 Å². The van der Waals surface area contributed by atoms with Crippen molar-refractivity contribution in [2.75, 3.05) is 19.6 Å². The van der Waals surface area contributed by atoms with Crippen molar-refractivity contribution >= 4 is 0 Å². The van der Waals surface area contributed by atoms with Crippen molar-refractivity contribution in [1.82, 2.24) is 4.90 Å². The van der Waals surface area contributed by atoms with Gasteiger partial charge in [-0.1, -0.05) is 73.7 Å². The van der Waals surface area contributed by atoms with Crippen molar-refractivity contribution in [3.8, 4) is 0 Å². The third-order valence-electron chi connectivity index (χ3n) is 4.89. The first kappa shape index (κ1) is 15.3. The molecular weight excluding hydrogens is 266 g/mol. The molecule has 0 bridgehead atoms. The Morgan fingerprint density at radius 2 is 1.77 bits per heavy atom. The van der Waals surface area contributed by atoms with E-state index < -0.39 is 0 Å². The van der Waals surface area contributed by atoms with Gasteiger partial charge in [0.25, 0.3) is 0 Å². The molecule has 1 aromatic carbocycles. The Bertz CT molecular complexity index is 524. The van der Waals surface area contributed by atoms with Crippen LogP contribution in [0.15, 0.2) is 66.8 Å². The van der Waals surface area contributed by atoms with Gasteiger partial charge >= 0.3 is 0 Å². The van der Waals surface area contributed by atoms with Crippen molar-refractivity contribution in [2.24, 2.45) is 11.8 Å². The minimum atomic E-state index is 0.481. The molecule has 1 fully saturated rings. The van der Waals surface area contributed by atoms with E-state index >= 15 is 0 Å². The Balaban J connectivity index is 1.80. The van der Waals surface area contributed by atoms with Crippen LogP contribution in [0.3, 0.4) is 0 Å². The fourth-order valence-electron chi connectivity index (χ4n) is 3.73. The van der Waals surface area contributed by atoms with E-state index in [4.69, 9.17) is 0 Å². The standard InChI is InChI=1S/C21H27N/c1-18-10-9-15-22(16-18)17-21(20-13-7-4-8-14-20)19-11-5-2-3-6-12-19/h2-8,11-14,18-19,21H,9-10,15-17H2,1H3. The van der Waals surface area contributed by atoms with E-state index in [2.05, 4.69) is 78.6 Å². The first-order valence-corrected chi connectivity index (χ1v) is 8.62. The van der Waals surface area contributed by atoms with Crippen molar-refractivity contribution < 1.29 is 0 Å². The van der Waals surface area contributed by atoms with Crippen LogP contribution in [0.2, 0.25) is 0 Å². The monoisotopic (exact) mass is 293 g/mol. The first-order valence-electron chi connectivity index (χ1n) is 8.62. The highest BCUT2D eigenvalue weighted by Gasteiger charge is 2.24. The highest BCUT2D eigenvalue weighted by Crippen LogP contribution is 2.30. The van der Waals surface area contributed by atoms with Gasteiger partial charge in [-0.2, -0.15) is 0 Å². The summed E-state index contributed by atoms with van der Waals surface area (Å²) < 4.78 is 0. The minimum Gasteiger partial charge on any atom is -0.302 e. The first-order chi connectivity index (χ1) is 10.8. The molecule has 0 N–H and O–H groups in total. The average molecular weight is 293 g/mol. The van der Waals surface area contributed by atoms with Gasteiger partial charge in [-0.05, 0) is 30.9 Å². The van der Waals surface area contributed by atoms with Crippen LogP contribution in [0.4, 0.5) is 0 Å². The van der Waals surface area contributed by atoms with E-state index in [9.17, 15) is 0 Å². The molecule has 1 aliphatic carbocycles. The highest BCUT2D eigenvalue weighted by atomic mass is 15.1. The zero-order valence-electron chi connectivity index (χ0n) is 13.6. The Kier molecular flexibility index (Phi) is 5.29. The second-order valence-electron chi connectivity index (χ2n) is 6.76. The van der Waals surface area contributed by atoms with Crippen molar-refractivity contribution in [2.45, 2.75) is 25.7 Å². The van der Waals surface area contributed by atoms with E-state index in [1.54, 1.807) is 0 Å². The molecule has 1 heteroatoms. The maximum atomic E-state index is 2.67. The fraction of sp³-hybridized carbons (Fsp3) is 0.429. The van der Waals surface area contributed by atoms with Gasteiger partial charge < -0.3 is 4.90 Å². The Morgan fingerprint density at radius 1 is 1.05 bits per heavy atom. The molecule has 2 aliphatic rings. The predicted octanol–water partition coefficient (Wildman–Crippen LogP) is 4.80. The van der Waals surface area contributed by atoms with Crippen LogP contribution in [0.25, 0.3) is 0 Å². The maximum Gasteiger partial charge on any atom is 0.00637 e. The normalized spacial score (nSPS) is 24.3. The number of hydrogen-bond donors (Lipinski definition) is 0.